The third kappa shape index (κ3) is 5.78. The number of amides is 2. The predicted octanol–water partition coefficient (Wildman–Crippen LogP) is 2.26. The van der Waals surface area contributed by atoms with Crippen LogP contribution in [0.4, 0.5) is 10.1 Å². The molecule has 0 unspecified atom stereocenters. The van der Waals surface area contributed by atoms with E-state index in [4.69, 9.17) is 10.5 Å². The van der Waals surface area contributed by atoms with E-state index in [1.807, 2.05) is 0 Å². The van der Waals surface area contributed by atoms with Crippen molar-refractivity contribution >= 4 is 17.5 Å². The third-order valence-corrected chi connectivity index (χ3v) is 3.07. The van der Waals surface area contributed by atoms with Gasteiger partial charge in [-0.3, -0.25) is 9.59 Å². The van der Waals surface area contributed by atoms with E-state index in [0.717, 1.165) is 5.56 Å². The summed E-state index contributed by atoms with van der Waals surface area (Å²) in [6.45, 7) is -0.191. The van der Waals surface area contributed by atoms with Gasteiger partial charge in [0.2, 0.25) is 5.91 Å². The Kier molecular flexibility index (Phi) is 5.68. The second-order valence-electron chi connectivity index (χ2n) is 4.95. The van der Waals surface area contributed by atoms with Crippen LogP contribution < -0.4 is 15.8 Å². The van der Waals surface area contributed by atoms with Crippen molar-refractivity contribution in [2.75, 3.05) is 11.9 Å². The monoisotopic (exact) mass is 316 g/mol. The number of halogens is 1. The number of carbonyl (C=O) groups is 2. The average Bonchev–Trinajstić information content (AvgIpc) is 2.53. The summed E-state index contributed by atoms with van der Waals surface area (Å²) in [4.78, 5) is 22.5. The third-order valence-electron chi connectivity index (χ3n) is 3.07. The van der Waals surface area contributed by atoms with Gasteiger partial charge in [-0.05, 0) is 48.4 Å². The molecular formula is C17H17FN2O3. The summed E-state index contributed by atoms with van der Waals surface area (Å²) in [6.07, 6.45) is 0.831. The van der Waals surface area contributed by atoms with Gasteiger partial charge in [0.05, 0.1) is 0 Å². The quantitative estimate of drug-likeness (QED) is 0.822. The highest BCUT2D eigenvalue weighted by Gasteiger charge is 2.04. The number of rotatable bonds is 7. The van der Waals surface area contributed by atoms with Crippen molar-refractivity contribution in [2.24, 2.45) is 5.73 Å². The zero-order valence-corrected chi connectivity index (χ0v) is 12.4. The molecule has 23 heavy (non-hydrogen) atoms. The van der Waals surface area contributed by atoms with Crippen molar-refractivity contribution in [3.63, 3.8) is 0 Å². The zero-order chi connectivity index (χ0) is 16.7. The number of carbonyl (C=O) groups excluding carboxylic acids is 2. The van der Waals surface area contributed by atoms with E-state index in [9.17, 15) is 14.0 Å². The van der Waals surface area contributed by atoms with E-state index < -0.39 is 5.91 Å². The fourth-order valence-corrected chi connectivity index (χ4v) is 1.92. The molecule has 0 atom stereocenters. The first-order valence-electron chi connectivity index (χ1n) is 7.08. The molecule has 2 aromatic rings. The molecule has 0 bridgehead atoms. The summed E-state index contributed by atoms with van der Waals surface area (Å²) in [6, 6.07) is 12.7. The molecule has 2 rings (SSSR count). The maximum atomic E-state index is 12.8. The van der Waals surface area contributed by atoms with Crippen molar-refractivity contribution in [1.82, 2.24) is 0 Å². The molecule has 0 saturated heterocycles. The first-order chi connectivity index (χ1) is 11.0. The van der Waals surface area contributed by atoms with Gasteiger partial charge in [-0.1, -0.05) is 12.1 Å². The highest BCUT2D eigenvalue weighted by Crippen LogP contribution is 2.16. The van der Waals surface area contributed by atoms with Crippen LogP contribution in [0.25, 0.3) is 0 Å². The molecule has 3 N–H and O–H groups in total. The molecule has 0 radical (unpaired) electrons. The summed E-state index contributed by atoms with van der Waals surface area (Å²) in [5.74, 6) is -0.492. The Hall–Kier alpha value is -2.89. The van der Waals surface area contributed by atoms with Gasteiger partial charge >= 0.3 is 0 Å². The molecule has 0 aromatic heterocycles. The van der Waals surface area contributed by atoms with Gasteiger partial charge in [-0.15, -0.1) is 0 Å². The van der Waals surface area contributed by atoms with Crippen LogP contribution >= 0.6 is 0 Å². The van der Waals surface area contributed by atoms with Crippen LogP contribution in [-0.4, -0.2) is 18.4 Å². The molecule has 5 nitrogen and oxygen atoms in total. The number of nitrogens with one attached hydrogen (secondary N) is 1. The molecule has 0 saturated carbocycles. The van der Waals surface area contributed by atoms with Crippen LogP contribution in [0.5, 0.6) is 5.75 Å². The molecule has 0 aliphatic heterocycles. The van der Waals surface area contributed by atoms with E-state index in [1.165, 1.54) is 12.1 Å². The Labute approximate surface area is 133 Å². The van der Waals surface area contributed by atoms with Crippen molar-refractivity contribution in [3.05, 3.63) is 59.9 Å². The summed E-state index contributed by atoms with van der Waals surface area (Å²) in [5, 5.41) is 2.76. The maximum Gasteiger partial charge on any atom is 0.255 e. The standard InChI is InChI=1S/C17H17FN2O3/c18-13-4-1-12(2-5-13)3-10-17(22)20-14-6-8-15(9-7-14)23-11-16(19)21/h1-2,4-9H,3,10-11H2,(H2,19,21)(H,20,22). The van der Waals surface area contributed by atoms with Crippen molar-refractivity contribution in [1.29, 1.82) is 0 Å². The number of aryl methyl sites for hydroxylation is 1. The topological polar surface area (TPSA) is 81.4 Å². The van der Waals surface area contributed by atoms with E-state index in [2.05, 4.69) is 5.32 Å². The summed E-state index contributed by atoms with van der Waals surface area (Å²) in [5.41, 5.74) is 6.51. The van der Waals surface area contributed by atoms with Gasteiger partial charge in [-0.25, -0.2) is 4.39 Å². The molecule has 0 spiro atoms. The number of benzene rings is 2. The van der Waals surface area contributed by atoms with E-state index in [0.29, 0.717) is 24.3 Å². The number of hydrogen-bond acceptors (Lipinski definition) is 3. The Morgan fingerprint density at radius 1 is 1.04 bits per heavy atom. The van der Waals surface area contributed by atoms with Crippen LogP contribution in [0, 0.1) is 5.82 Å². The Balaban J connectivity index is 1.80. The SMILES string of the molecule is NC(=O)COc1ccc(NC(=O)CCc2ccc(F)cc2)cc1. The minimum atomic E-state index is -0.553. The largest absolute Gasteiger partial charge is 0.484 e. The van der Waals surface area contributed by atoms with Crippen molar-refractivity contribution < 1.29 is 18.7 Å². The highest BCUT2D eigenvalue weighted by atomic mass is 19.1. The van der Waals surface area contributed by atoms with Gasteiger partial charge in [0, 0.05) is 12.1 Å². The number of ether oxygens (including phenoxy) is 1. The van der Waals surface area contributed by atoms with Crippen molar-refractivity contribution in [3.8, 4) is 5.75 Å². The lowest BCUT2D eigenvalue weighted by atomic mass is 10.1. The van der Waals surface area contributed by atoms with Gasteiger partial charge in [-0.2, -0.15) is 0 Å². The van der Waals surface area contributed by atoms with Crippen LogP contribution in [0.15, 0.2) is 48.5 Å². The van der Waals surface area contributed by atoms with E-state index in [-0.39, 0.29) is 18.3 Å². The first-order valence-corrected chi connectivity index (χ1v) is 7.08. The average molecular weight is 316 g/mol. The zero-order valence-electron chi connectivity index (χ0n) is 12.4. The van der Waals surface area contributed by atoms with Gasteiger partial charge in [0.1, 0.15) is 11.6 Å². The molecule has 0 heterocycles. The van der Waals surface area contributed by atoms with Crippen LogP contribution in [0.1, 0.15) is 12.0 Å². The highest BCUT2D eigenvalue weighted by molar-refractivity contribution is 5.90. The molecule has 120 valence electrons. The molecule has 0 fully saturated rings. The van der Waals surface area contributed by atoms with Crippen molar-refractivity contribution in [2.45, 2.75) is 12.8 Å². The summed E-state index contributed by atoms with van der Waals surface area (Å²) in [7, 11) is 0. The fourth-order valence-electron chi connectivity index (χ4n) is 1.92. The Bertz CT molecular complexity index is 669. The number of nitrogens with two attached hydrogens (primary N) is 1. The van der Waals surface area contributed by atoms with Crippen LogP contribution in [-0.2, 0) is 16.0 Å². The number of hydrogen-bond donors (Lipinski definition) is 2. The smallest absolute Gasteiger partial charge is 0.255 e. The number of anilines is 1. The first kappa shape index (κ1) is 16.5. The van der Waals surface area contributed by atoms with Gasteiger partial charge < -0.3 is 15.8 Å². The lowest BCUT2D eigenvalue weighted by Crippen LogP contribution is -2.20. The minimum Gasteiger partial charge on any atom is -0.484 e. The summed E-state index contributed by atoms with van der Waals surface area (Å²) < 4.78 is 17.9. The normalized spacial score (nSPS) is 10.1. The van der Waals surface area contributed by atoms with Crippen LogP contribution in [0.2, 0.25) is 0 Å². The lowest BCUT2D eigenvalue weighted by Gasteiger charge is -2.07. The van der Waals surface area contributed by atoms with E-state index >= 15 is 0 Å². The maximum absolute atomic E-state index is 12.8. The molecule has 0 aliphatic carbocycles. The minimum absolute atomic E-state index is 0.139. The van der Waals surface area contributed by atoms with Gasteiger partial charge in [0.15, 0.2) is 6.61 Å². The Morgan fingerprint density at radius 2 is 1.70 bits per heavy atom. The molecule has 0 aliphatic rings. The van der Waals surface area contributed by atoms with Gasteiger partial charge in [0.25, 0.3) is 5.91 Å². The van der Waals surface area contributed by atoms with E-state index in [1.54, 1.807) is 36.4 Å². The fraction of sp³-hybridized carbons (Fsp3) is 0.176. The van der Waals surface area contributed by atoms with Crippen LogP contribution in [0.3, 0.4) is 0 Å². The molecule has 2 aromatic carbocycles. The molecule has 2 amide bonds. The summed E-state index contributed by atoms with van der Waals surface area (Å²) >= 11 is 0. The number of primary amides is 1. The second-order valence-corrected chi connectivity index (χ2v) is 4.95. The second kappa shape index (κ2) is 7.93. The lowest BCUT2D eigenvalue weighted by molar-refractivity contribution is -0.120. The molecule has 6 heteroatoms. The molecular weight excluding hydrogens is 299 g/mol. The predicted molar refractivity (Wildman–Crippen MR) is 84.5 cm³/mol. The Morgan fingerprint density at radius 3 is 2.30 bits per heavy atom.